The first-order chi connectivity index (χ1) is 14.9. The molecule has 178 valence electrons. The molecule has 0 spiro atoms. The van der Waals surface area contributed by atoms with Gasteiger partial charge in [0.2, 0.25) is 23.6 Å². The summed E-state index contributed by atoms with van der Waals surface area (Å²) in [5.41, 5.74) is -2.73. The van der Waals surface area contributed by atoms with Gasteiger partial charge < -0.3 is 0 Å². The van der Waals surface area contributed by atoms with Crippen LogP contribution in [-0.4, -0.2) is 35.7 Å². The molecule has 0 unspecified atom stereocenters. The predicted octanol–water partition coefficient (Wildman–Crippen LogP) is 2.12. The molecular weight excluding hydrogens is 416 g/mol. The summed E-state index contributed by atoms with van der Waals surface area (Å²) in [6.45, 7) is 7.93. The van der Waals surface area contributed by atoms with Gasteiger partial charge in [-0.1, -0.05) is 40.5 Å². The summed E-state index contributed by atoms with van der Waals surface area (Å²) in [7, 11) is 0. The molecule has 4 N–H and O–H groups in total. The summed E-state index contributed by atoms with van der Waals surface area (Å²) in [5, 5.41) is 8.79. The van der Waals surface area contributed by atoms with E-state index in [9.17, 15) is 28.8 Å². The lowest BCUT2D eigenvalue weighted by atomic mass is 9.72. The minimum absolute atomic E-state index is 0.188. The van der Waals surface area contributed by atoms with Crippen LogP contribution in [0, 0.1) is 22.7 Å². The maximum absolute atomic E-state index is 12.7. The molecule has 0 bridgehead atoms. The molecule has 0 aliphatic carbocycles. The molecule has 2 saturated heterocycles. The second-order valence-corrected chi connectivity index (χ2v) is 9.71. The zero-order valence-electron chi connectivity index (χ0n) is 19.3. The van der Waals surface area contributed by atoms with Gasteiger partial charge in [-0.2, -0.15) is 0 Å². The van der Waals surface area contributed by atoms with Crippen molar-refractivity contribution in [2.75, 3.05) is 0 Å². The van der Waals surface area contributed by atoms with Crippen molar-refractivity contribution in [3.8, 4) is 0 Å². The highest BCUT2D eigenvalue weighted by Gasteiger charge is 2.51. The van der Waals surface area contributed by atoms with Crippen LogP contribution in [0.2, 0.25) is 0 Å². The van der Waals surface area contributed by atoms with Gasteiger partial charge in [0.1, 0.15) is 10.8 Å². The Labute approximate surface area is 188 Å². The smallest absolute Gasteiger partial charge is 0.277 e. The van der Waals surface area contributed by atoms with Crippen LogP contribution in [-0.2, 0) is 19.2 Å². The molecule has 2 heterocycles. The number of urea groups is 2. The number of hydrogen-bond donors (Lipinski definition) is 4. The van der Waals surface area contributed by atoms with Crippen LogP contribution >= 0.6 is 0 Å². The van der Waals surface area contributed by atoms with E-state index in [2.05, 4.69) is 21.3 Å². The summed E-state index contributed by atoms with van der Waals surface area (Å²) in [5.74, 6) is -1.92. The Morgan fingerprint density at radius 2 is 0.812 bits per heavy atom. The highest BCUT2D eigenvalue weighted by atomic mass is 16.2. The highest BCUT2D eigenvalue weighted by molar-refractivity contribution is 6.19. The standard InChI is InChI=1S/C22H34N4O6/c1-13(2)7-11-21(15(27)23-19(31)24-16(21)28)9-5-6-10-22(12-8-14(3)4)17(29)25-20(32)26-18(22)30/h13-14H,5-12H2,1-4H3,(H2,23,24,27,28,31)(H2,25,26,29,30,32). The molecule has 10 heteroatoms. The van der Waals surface area contributed by atoms with E-state index in [4.69, 9.17) is 0 Å². The van der Waals surface area contributed by atoms with Crippen molar-refractivity contribution < 1.29 is 28.8 Å². The Kier molecular flexibility index (Phi) is 8.14. The second-order valence-electron chi connectivity index (χ2n) is 9.71. The Morgan fingerprint density at radius 1 is 0.531 bits per heavy atom. The van der Waals surface area contributed by atoms with E-state index in [0.29, 0.717) is 38.5 Å². The summed E-state index contributed by atoms with van der Waals surface area (Å²) in [6.07, 6.45) is 3.00. The first kappa shape index (κ1) is 25.5. The van der Waals surface area contributed by atoms with Crippen molar-refractivity contribution >= 4 is 35.7 Å². The van der Waals surface area contributed by atoms with Gasteiger partial charge in [0.15, 0.2) is 0 Å². The minimum atomic E-state index is -1.36. The lowest BCUT2D eigenvalue weighted by Gasteiger charge is -2.36. The number of amides is 8. The topological polar surface area (TPSA) is 151 Å². The number of carbonyl (C=O) groups is 6. The van der Waals surface area contributed by atoms with E-state index in [1.807, 2.05) is 27.7 Å². The molecule has 2 rings (SSSR count). The van der Waals surface area contributed by atoms with Crippen LogP contribution in [0.25, 0.3) is 0 Å². The molecular formula is C22H34N4O6. The van der Waals surface area contributed by atoms with Gasteiger partial charge >= 0.3 is 12.1 Å². The third kappa shape index (κ3) is 5.52. The second kappa shape index (κ2) is 10.2. The molecule has 0 atom stereocenters. The Hall–Kier alpha value is -2.78. The van der Waals surface area contributed by atoms with Gasteiger partial charge in [-0.05, 0) is 50.4 Å². The van der Waals surface area contributed by atoms with Crippen LogP contribution in [0.3, 0.4) is 0 Å². The monoisotopic (exact) mass is 450 g/mol. The van der Waals surface area contributed by atoms with E-state index < -0.39 is 46.5 Å². The molecule has 0 saturated carbocycles. The van der Waals surface area contributed by atoms with E-state index in [0.717, 1.165) is 0 Å². The van der Waals surface area contributed by atoms with E-state index in [-0.39, 0.29) is 24.7 Å². The van der Waals surface area contributed by atoms with Crippen LogP contribution in [0.5, 0.6) is 0 Å². The zero-order valence-corrected chi connectivity index (χ0v) is 19.3. The molecule has 32 heavy (non-hydrogen) atoms. The lowest BCUT2D eigenvalue weighted by molar-refractivity contribution is -0.148. The van der Waals surface area contributed by atoms with Crippen molar-refractivity contribution in [3.63, 3.8) is 0 Å². The van der Waals surface area contributed by atoms with E-state index >= 15 is 0 Å². The number of unbranched alkanes of at least 4 members (excludes halogenated alkanes) is 1. The largest absolute Gasteiger partial charge is 0.328 e. The SMILES string of the molecule is CC(C)CCC1(CCCCC2(CCC(C)C)C(=O)NC(=O)NC2=O)C(=O)NC(=O)NC1=O. The fraction of sp³-hybridized carbons (Fsp3) is 0.727. The van der Waals surface area contributed by atoms with Crippen molar-refractivity contribution in [2.45, 2.75) is 79.1 Å². The Morgan fingerprint density at radius 3 is 1.06 bits per heavy atom. The highest BCUT2D eigenvalue weighted by Crippen LogP contribution is 2.38. The predicted molar refractivity (Wildman–Crippen MR) is 115 cm³/mol. The molecule has 0 aromatic rings. The fourth-order valence-corrected chi connectivity index (χ4v) is 4.24. The van der Waals surface area contributed by atoms with Crippen LogP contribution in [0.15, 0.2) is 0 Å². The fourth-order valence-electron chi connectivity index (χ4n) is 4.24. The van der Waals surface area contributed by atoms with Crippen LogP contribution < -0.4 is 21.3 Å². The Balaban J connectivity index is 2.13. The maximum atomic E-state index is 12.7. The number of hydrogen-bond acceptors (Lipinski definition) is 6. The third-order valence-corrected chi connectivity index (χ3v) is 6.40. The van der Waals surface area contributed by atoms with Gasteiger partial charge in [-0.25, -0.2) is 9.59 Å². The summed E-state index contributed by atoms with van der Waals surface area (Å²) in [4.78, 5) is 73.7. The molecule has 0 radical (unpaired) electrons. The van der Waals surface area contributed by atoms with Crippen molar-refractivity contribution in [2.24, 2.45) is 22.7 Å². The molecule has 2 aliphatic heterocycles. The summed E-state index contributed by atoms with van der Waals surface area (Å²) < 4.78 is 0. The van der Waals surface area contributed by atoms with Gasteiger partial charge in [0.25, 0.3) is 0 Å². The minimum Gasteiger partial charge on any atom is -0.277 e. The average molecular weight is 451 g/mol. The van der Waals surface area contributed by atoms with Crippen molar-refractivity contribution in [1.82, 2.24) is 21.3 Å². The van der Waals surface area contributed by atoms with Gasteiger partial charge in [0.05, 0.1) is 0 Å². The molecule has 2 fully saturated rings. The van der Waals surface area contributed by atoms with Crippen LogP contribution in [0.4, 0.5) is 9.59 Å². The number of rotatable bonds is 11. The van der Waals surface area contributed by atoms with E-state index in [1.165, 1.54) is 0 Å². The number of barbiturate groups is 2. The first-order valence-electron chi connectivity index (χ1n) is 11.3. The van der Waals surface area contributed by atoms with Crippen molar-refractivity contribution in [3.05, 3.63) is 0 Å². The number of nitrogens with one attached hydrogen (secondary N) is 4. The number of imide groups is 4. The van der Waals surface area contributed by atoms with Crippen molar-refractivity contribution in [1.29, 1.82) is 0 Å². The summed E-state index contributed by atoms with van der Waals surface area (Å²) in [6, 6.07) is -1.65. The number of carbonyl (C=O) groups excluding carboxylic acids is 6. The average Bonchev–Trinajstić information content (AvgIpc) is 2.67. The molecule has 8 amide bonds. The normalized spacial score (nSPS) is 20.2. The zero-order chi connectivity index (χ0) is 24.1. The quantitative estimate of drug-likeness (QED) is 0.280. The third-order valence-electron chi connectivity index (χ3n) is 6.40. The maximum Gasteiger partial charge on any atom is 0.328 e. The molecule has 0 aromatic carbocycles. The molecule has 0 aromatic heterocycles. The van der Waals surface area contributed by atoms with Crippen LogP contribution in [0.1, 0.15) is 79.1 Å². The van der Waals surface area contributed by atoms with Gasteiger partial charge in [-0.3, -0.25) is 40.4 Å². The molecule has 2 aliphatic rings. The Bertz CT molecular complexity index is 698. The first-order valence-corrected chi connectivity index (χ1v) is 11.3. The summed E-state index contributed by atoms with van der Waals surface area (Å²) >= 11 is 0. The van der Waals surface area contributed by atoms with Gasteiger partial charge in [-0.15, -0.1) is 0 Å². The van der Waals surface area contributed by atoms with E-state index in [1.54, 1.807) is 0 Å². The van der Waals surface area contributed by atoms with Gasteiger partial charge in [0, 0.05) is 0 Å². The lowest BCUT2D eigenvalue weighted by Crippen LogP contribution is -2.62. The molecule has 10 nitrogen and oxygen atoms in total.